The number of aromatic nitrogens is 3. The number of aryl methyl sites for hydroxylation is 2. The molecule has 33 heavy (non-hydrogen) atoms. The Morgan fingerprint density at radius 3 is 2.55 bits per heavy atom. The van der Waals surface area contributed by atoms with E-state index in [4.69, 9.17) is 23.2 Å². The maximum absolute atomic E-state index is 12.3. The second-order valence-corrected chi connectivity index (χ2v) is 9.11. The Balaban J connectivity index is 1.16. The number of H-pyrrole nitrogens is 1. The zero-order valence-corrected chi connectivity index (χ0v) is 19.5. The Kier molecular flexibility index (Phi) is 7.62. The molecule has 2 amide bonds. The minimum atomic E-state index is -0.0855. The highest BCUT2D eigenvalue weighted by atomic mass is 35.5. The van der Waals surface area contributed by atoms with Gasteiger partial charge in [0.25, 0.3) is 0 Å². The van der Waals surface area contributed by atoms with Crippen LogP contribution in [-0.2, 0) is 22.4 Å². The predicted molar refractivity (Wildman–Crippen MR) is 128 cm³/mol. The number of amides is 2. The van der Waals surface area contributed by atoms with Crippen LogP contribution >= 0.6 is 23.2 Å². The molecule has 0 spiro atoms. The van der Waals surface area contributed by atoms with Crippen LogP contribution in [0.5, 0.6) is 0 Å². The molecule has 7 nitrogen and oxygen atoms in total. The summed E-state index contributed by atoms with van der Waals surface area (Å²) in [6.45, 7) is 0. The van der Waals surface area contributed by atoms with Crippen LogP contribution in [0.4, 0.5) is 5.82 Å². The van der Waals surface area contributed by atoms with Crippen LogP contribution in [0.15, 0.2) is 48.8 Å². The predicted octanol–water partition coefficient (Wildman–Crippen LogP) is 4.68. The summed E-state index contributed by atoms with van der Waals surface area (Å²) in [5.41, 5.74) is 2.98. The summed E-state index contributed by atoms with van der Waals surface area (Å²) in [5, 5.41) is 14.1. The van der Waals surface area contributed by atoms with Gasteiger partial charge in [0.15, 0.2) is 5.82 Å². The van der Waals surface area contributed by atoms with Gasteiger partial charge in [-0.25, -0.2) is 0 Å². The molecule has 0 aliphatic heterocycles. The molecule has 3 aromatic rings. The second kappa shape index (κ2) is 10.8. The van der Waals surface area contributed by atoms with Crippen molar-refractivity contribution in [2.24, 2.45) is 0 Å². The molecule has 9 heteroatoms. The Morgan fingerprint density at radius 2 is 1.79 bits per heavy atom. The van der Waals surface area contributed by atoms with Crippen LogP contribution in [0.25, 0.3) is 0 Å². The van der Waals surface area contributed by atoms with Crippen molar-refractivity contribution in [3.63, 3.8) is 0 Å². The average molecular weight is 486 g/mol. The molecule has 0 bridgehead atoms. The number of anilines is 1. The van der Waals surface area contributed by atoms with Crippen LogP contribution in [0.1, 0.15) is 48.4 Å². The number of halogens is 2. The fourth-order valence-corrected chi connectivity index (χ4v) is 4.18. The molecule has 2 aromatic heterocycles. The highest BCUT2D eigenvalue weighted by molar-refractivity contribution is 6.42. The largest absolute Gasteiger partial charge is 0.353 e. The summed E-state index contributed by atoms with van der Waals surface area (Å²) in [6.07, 6.45) is 7.17. The molecule has 1 fully saturated rings. The van der Waals surface area contributed by atoms with Gasteiger partial charge in [0.1, 0.15) is 0 Å². The quantitative estimate of drug-likeness (QED) is 0.409. The van der Waals surface area contributed by atoms with Crippen LogP contribution in [0.2, 0.25) is 10.0 Å². The highest BCUT2D eigenvalue weighted by Gasteiger charge is 2.32. The number of hydrogen-bond acceptors (Lipinski definition) is 4. The summed E-state index contributed by atoms with van der Waals surface area (Å²) < 4.78 is 0. The number of benzene rings is 1. The molecule has 3 N–H and O–H groups in total. The van der Waals surface area contributed by atoms with E-state index in [9.17, 15) is 9.59 Å². The SMILES string of the molecule is O=C(CCc1cccnc1)Nc1cc(C2CC(NC(=O)CCc3ccc(Cl)c(Cl)c3)C2)[nH]n1. The second-order valence-electron chi connectivity index (χ2n) is 8.30. The van der Waals surface area contributed by atoms with Crippen LogP contribution < -0.4 is 10.6 Å². The Labute approximate surface area is 202 Å². The molecule has 1 aliphatic rings. The third-order valence-electron chi connectivity index (χ3n) is 5.80. The van der Waals surface area contributed by atoms with Gasteiger partial charge in [-0.3, -0.25) is 19.7 Å². The molecule has 0 saturated heterocycles. The monoisotopic (exact) mass is 485 g/mol. The lowest BCUT2D eigenvalue weighted by molar-refractivity contribution is -0.122. The van der Waals surface area contributed by atoms with Gasteiger partial charge in [-0.1, -0.05) is 35.3 Å². The Morgan fingerprint density at radius 1 is 1.00 bits per heavy atom. The van der Waals surface area contributed by atoms with Gasteiger partial charge in [-0.2, -0.15) is 5.10 Å². The van der Waals surface area contributed by atoms with Crippen molar-refractivity contribution in [1.82, 2.24) is 20.5 Å². The molecule has 0 unspecified atom stereocenters. The van der Waals surface area contributed by atoms with Crippen molar-refractivity contribution in [1.29, 1.82) is 0 Å². The summed E-state index contributed by atoms with van der Waals surface area (Å²) in [7, 11) is 0. The molecule has 1 aromatic carbocycles. The lowest BCUT2D eigenvalue weighted by atomic mass is 9.78. The van der Waals surface area contributed by atoms with Gasteiger partial charge in [-0.05, 0) is 55.0 Å². The molecule has 0 radical (unpaired) electrons. The van der Waals surface area contributed by atoms with Crippen molar-refractivity contribution in [2.75, 3.05) is 5.32 Å². The fourth-order valence-electron chi connectivity index (χ4n) is 3.86. The first-order chi connectivity index (χ1) is 16.0. The van der Waals surface area contributed by atoms with E-state index in [-0.39, 0.29) is 17.9 Å². The van der Waals surface area contributed by atoms with Crippen molar-refractivity contribution in [3.05, 3.63) is 75.7 Å². The first-order valence-electron chi connectivity index (χ1n) is 10.9. The third kappa shape index (κ3) is 6.55. The third-order valence-corrected chi connectivity index (χ3v) is 6.54. The van der Waals surface area contributed by atoms with Crippen LogP contribution in [0.3, 0.4) is 0 Å². The average Bonchev–Trinajstić information content (AvgIpc) is 3.23. The number of carbonyl (C=O) groups is 2. The van der Waals surface area contributed by atoms with Crippen molar-refractivity contribution >= 4 is 40.8 Å². The first kappa shape index (κ1) is 23.3. The topological polar surface area (TPSA) is 99.8 Å². The zero-order chi connectivity index (χ0) is 23.2. The van der Waals surface area contributed by atoms with Crippen molar-refractivity contribution in [2.45, 2.75) is 50.5 Å². The Hall–Kier alpha value is -2.90. The van der Waals surface area contributed by atoms with Crippen LogP contribution in [-0.4, -0.2) is 33.0 Å². The number of aromatic amines is 1. The fraction of sp³-hybridized carbons (Fsp3) is 0.333. The molecule has 2 heterocycles. The maximum atomic E-state index is 12.3. The van der Waals surface area contributed by atoms with E-state index in [2.05, 4.69) is 25.8 Å². The number of nitrogens with one attached hydrogen (secondary N) is 3. The van der Waals surface area contributed by atoms with Gasteiger partial charge in [-0.15, -0.1) is 0 Å². The molecule has 172 valence electrons. The van der Waals surface area contributed by atoms with E-state index in [1.807, 2.05) is 24.3 Å². The lowest BCUT2D eigenvalue weighted by Crippen LogP contribution is -2.43. The normalized spacial score (nSPS) is 17.3. The summed E-state index contributed by atoms with van der Waals surface area (Å²) in [5.74, 6) is 0.752. The molecule has 1 aliphatic carbocycles. The Bertz CT molecular complexity index is 1110. The highest BCUT2D eigenvalue weighted by Crippen LogP contribution is 2.36. The maximum Gasteiger partial charge on any atom is 0.225 e. The van der Waals surface area contributed by atoms with Gasteiger partial charge in [0.05, 0.1) is 10.0 Å². The first-order valence-corrected chi connectivity index (χ1v) is 11.7. The van der Waals surface area contributed by atoms with Crippen molar-refractivity contribution in [3.8, 4) is 0 Å². The lowest BCUT2D eigenvalue weighted by Gasteiger charge is -2.35. The standard InChI is InChI=1S/C24H25Cl2N5O2/c25-19-6-3-15(10-20(19)26)4-7-23(32)28-18-11-17(12-18)21-13-22(31-30-21)29-24(33)8-5-16-2-1-9-27-14-16/h1-3,6,9-10,13-14,17-18H,4-5,7-8,11-12H2,(H,28,32)(H2,29,30,31,33). The van der Waals surface area contributed by atoms with Crippen LogP contribution in [0, 0.1) is 0 Å². The molecular formula is C24H25Cl2N5O2. The number of nitrogens with zero attached hydrogens (tertiary/aromatic N) is 2. The molecule has 4 rings (SSSR count). The minimum absolute atomic E-state index is 0.0238. The van der Waals surface area contributed by atoms with E-state index >= 15 is 0 Å². The molecule has 0 atom stereocenters. The van der Waals surface area contributed by atoms with E-state index in [1.54, 1.807) is 24.5 Å². The van der Waals surface area contributed by atoms with Gasteiger partial charge < -0.3 is 10.6 Å². The molecular weight excluding hydrogens is 461 g/mol. The van der Waals surface area contributed by atoms with E-state index in [0.717, 1.165) is 29.7 Å². The minimum Gasteiger partial charge on any atom is -0.353 e. The molecule has 1 saturated carbocycles. The summed E-state index contributed by atoms with van der Waals surface area (Å²) >= 11 is 11.9. The number of pyridine rings is 1. The van der Waals surface area contributed by atoms with E-state index in [0.29, 0.717) is 47.5 Å². The smallest absolute Gasteiger partial charge is 0.225 e. The number of carbonyl (C=O) groups excluding carboxylic acids is 2. The number of hydrogen-bond donors (Lipinski definition) is 3. The van der Waals surface area contributed by atoms with Gasteiger partial charge in [0, 0.05) is 49.0 Å². The van der Waals surface area contributed by atoms with Gasteiger partial charge in [0.2, 0.25) is 11.8 Å². The summed E-state index contributed by atoms with van der Waals surface area (Å²) in [6, 6.07) is 11.3. The number of rotatable bonds is 9. The van der Waals surface area contributed by atoms with Crippen molar-refractivity contribution < 1.29 is 9.59 Å². The van der Waals surface area contributed by atoms with E-state index in [1.165, 1.54) is 0 Å². The van der Waals surface area contributed by atoms with E-state index < -0.39 is 0 Å². The zero-order valence-electron chi connectivity index (χ0n) is 18.0. The van der Waals surface area contributed by atoms with Gasteiger partial charge >= 0.3 is 0 Å². The summed E-state index contributed by atoms with van der Waals surface area (Å²) in [4.78, 5) is 28.5.